The first-order valence-corrected chi connectivity index (χ1v) is 14.0. The fourth-order valence-corrected chi connectivity index (χ4v) is 5.03. The van der Waals surface area contributed by atoms with Crippen LogP contribution in [-0.2, 0) is 17.6 Å². The van der Waals surface area contributed by atoms with Crippen LogP contribution >= 0.6 is 46.4 Å². The van der Waals surface area contributed by atoms with Crippen molar-refractivity contribution < 1.29 is 43.9 Å². The van der Waals surface area contributed by atoms with E-state index in [9.17, 15) is 24.9 Å². The number of hydrogen-bond acceptors (Lipinski definition) is 8. The Balaban J connectivity index is 1.51. The highest BCUT2D eigenvalue weighted by atomic mass is 35.5. The molecule has 3 rings (SSSR count). The second kappa shape index (κ2) is 14.9. The Morgan fingerprint density at radius 2 is 1.37 bits per heavy atom. The molecule has 0 saturated carbocycles. The van der Waals surface area contributed by atoms with Crippen LogP contribution in [0.25, 0.3) is 11.5 Å². The average molecular weight is 651 g/mol. The number of hydrogen-bond donors (Lipinski definition) is 4. The molecule has 0 fully saturated rings. The number of oxazole rings is 1. The minimum atomic E-state index is -1.21. The van der Waals surface area contributed by atoms with Gasteiger partial charge in [-0.3, -0.25) is 4.79 Å². The van der Waals surface area contributed by atoms with Crippen molar-refractivity contribution in [1.29, 1.82) is 0 Å². The van der Waals surface area contributed by atoms with Crippen molar-refractivity contribution in [2.45, 2.75) is 51.2 Å². The van der Waals surface area contributed by atoms with Gasteiger partial charge in [-0.15, -0.1) is 0 Å². The van der Waals surface area contributed by atoms with Gasteiger partial charge in [0.1, 0.15) is 5.76 Å². The number of aryl methyl sites for hydroxylation is 2. The summed E-state index contributed by atoms with van der Waals surface area (Å²) in [6.07, 6.45) is -1.69. The summed E-state index contributed by atoms with van der Waals surface area (Å²) in [5, 5.41) is 39.4. The van der Waals surface area contributed by atoms with E-state index in [1.54, 1.807) is 19.1 Å². The molecule has 1 heterocycles. The number of benzene rings is 2. The van der Waals surface area contributed by atoms with E-state index in [0.29, 0.717) is 17.5 Å². The van der Waals surface area contributed by atoms with E-state index >= 15 is 0 Å². The minimum Gasteiger partial charge on any atom is -0.490 e. The lowest BCUT2D eigenvalue weighted by Crippen LogP contribution is -2.29. The highest BCUT2D eigenvalue weighted by molar-refractivity contribution is 6.38. The highest BCUT2D eigenvalue weighted by Gasteiger charge is 2.22. The molecule has 0 amide bonds. The van der Waals surface area contributed by atoms with Gasteiger partial charge in [-0.25, -0.2) is 9.78 Å². The molecule has 0 radical (unpaired) electrons. The van der Waals surface area contributed by atoms with Gasteiger partial charge in [0.25, 0.3) is 0 Å². The van der Waals surface area contributed by atoms with E-state index in [0.717, 1.165) is 0 Å². The number of aromatic nitrogens is 1. The number of halogens is 4. The van der Waals surface area contributed by atoms with Gasteiger partial charge in [-0.2, -0.15) is 0 Å². The number of rotatable bonds is 15. The van der Waals surface area contributed by atoms with Gasteiger partial charge in [-0.1, -0.05) is 53.3 Å². The predicted molar refractivity (Wildman–Crippen MR) is 153 cm³/mol. The van der Waals surface area contributed by atoms with Gasteiger partial charge in [0.15, 0.2) is 17.2 Å². The highest BCUT2D eigenvalue weighted by Crippen LogP contribution is 2.38. The number of nitrogens with zero attached hydrogens (tertiary/aromatic N) is 1. The molecule has 1 aromatic heterocycles. The van der Waals surface area contributed by atoms with E-state index in [1.807, 2.05) is 0 Å². The monoisotopic (exact) mass is 649 g/mol. The van der Waals surface area contributed by atoms with Gasteiger partial charge in [0, 0.05) is 31.2 Å². The third kappa shape index (κ3) is 8.88. The number of carboxylic acid groups (broad SMARTS) is 2. The fraction of sp³-hybridized carbons (Fsp3) is 0.370. The number of aromatic carboxylic acids is 1. The molecule has 3 aromatic rings. The molecule has 0 bridgehead atoms. The summed E-state index contributed by atoms with van der Waals surface area (Å²) in [6, 6.07) is 6.07. The van der Waals surface area contributed by atoms with Crippen molar-refractivity contribution in [2.24, 2.45) is 0 Å². The van der Waals surface area contributed by atoms with E-state index < -0.39 is 24.1 Å². The summed E-state index contributed by atoms with van der Waals surface area (Å²) in [6.45, 7) is 1.70. The zero-order valence-corrected chi connectivity index (χ0v) is 24.7. The molecular weight excluding hydrogens is 624 g/mol. The molecule has 2 aromatic carbocycles. The first-order chi connectivity index (χ1) is 19.4. The Morgan fingerprint density at radius 1 is 0.878 bits per heavy atom. The number of carboxylic acids is 2. The average Bonchev–Trinajstić information content (AvgIpc) is 3.35. The molecule has 2 atom stereocenters. The molecule has 0 aliphatic carbocycles. The van der Waals surface area contributed by atoms with Crippen molar-refractivity contribution in [1.82, 2.24) is 4.98 Å². The fourth-order valence-electron chi connectivity index (χ4n) is 3.80. The number of aliphatic carboxylic acids is 1. The first-order valence-electron chi connectivity index (χ1n) is 12.4. The predicted octanol–water partition coefficient (Wildman–Crippen LogP) is 6.19. The Labute approximate surface area is 255 Å². The maximum absolute atomic E-state index is 11.4. The number of ether oxygens (including phenoxy) is 2. The van der Waals surface area contributed by atoms with Crippen LogP contribution < -0.4 is 9.47 Å². The van der Waals surface area contributed by atoms with Crippen molar-refractivity contribution in [2.75, 3.05) is 13.2 Å². The van der Waals surface area contributed by atoms with Crippen LogP contribution in [0, 0.1) is 0 Å². The number of aliphatic hydroxyl groups excluding tert-OH is 2. The lowest BCUT2D eigenvalue weighted by molar-refractivity contribution is -0.136. The summed E-state index contributed by atoms with van der Waals surface area (Å²) in [5.74, 6) is -1.55. The molecule has 0 spiro atoms. The summed E-state index contributed by atoms with van der Waals surface area (Å²) >= 11 is 25.1. The van der Waals surface area contributed by atoms with Gasteiger partial charge < -0.3 is 34.3 Å². The smallest absolute Gasteiger partial charge is 0.358 e. The molecule has 0 saturated heterocycles. The molecule has 41 heavy (non-hydrogen) atoms. The van der Waals surface area contributed by atoms with Crippen LogP contribution in [0.5, 0.6) is 11.5 Å². The molecule has 10 nitrogen and oxygen atoms in total. The van der Waals surface area contributed by atoms with Crippen molar-refractivity contribution in [3.8, 4) is 23.0 Å². The second-order valence-electron chi connectivity index (χ2n) is 8.91. The third-order valence-electron chi connectivity index (χ3n) is 5.92. The lowest BCUT2D eigenvalue weighted by Gasteiger charge is -2.19. The largest absolute Gasteiger partial charge is 0.490 e. The summed E-state index contributed by atoms with van der Waals surface area (Å²) in [5.41, 5.74) is 0.820. The zero-order chi connectivity index (χ0) is 30.3. The van der Waals surface area contributed by atoms with E-state index in [2.05, 4.69) is 4.98 Å². The SMILES string of the molecule is CCc1oc(-c2cc(Cl)c(OCCC(O)C(O)CCOc3c(Cl)cc(CCC(=O)O)cc3Cl)c(Cl)c2)nc1C(=O)O. The van der Waals surface area contributed by atoms with Crippen LogP contribution in [0.3, 0.4) is 0 Å². The van der Waals surface area contributed by atoms with Crippen LogP contribution in [-0.4, -0.2) is 62.8 Å². The third-order valence-corrected chi connectivity index (χ3v) is 7.04. The Hall–Kier alpha value is -2.73. The molecule has 4 N–H and O–H groups in total. The van der Waals surface area contributed by atoms with Gasteiger partial charge in [0.2, 0.25) is 5.89 Å². The molecular formula is C27H27Cl4NO9. The van der Waals surface area contributed by atoms with Gasteiger partial charge in [0.05, 0.1) is 45.5 Å². The molecule has 222 valence electrons. The van der Waals surface area contributed by atoms with Gasteiger partial charge >= 0.3 is 11.9 Å². The van der Waals surface area contributed by atoms with Crippen molar-refractivity contribution in [3.63, 3.8) is 0 Å². The molecule has 2 unspecified atom stereocenters. The maximum atomic E-state index is 11.4. The zero-order valence-electron chi connectivity index (χ0n) is 21.7. The second-order valence-corrected chi connectivity index (χ2v) is 10.5. The normalized spacial score (nSPS) is 12.7. The van der Waals surface area contributed by atoms with Crippen LogP contribution in [0.4, 0.5) is 0 Å². The molecule has 0 aliphatic heterocycles. The lowest BCUT2D eigenvalue weighted by atomic mass is 10.1. The minimum absolute atomic E-state index is 0.00370. The van der Waals surface area contributed by atoms with Crippen LogP contribution in [0.15, 0.2) is 28.7 Å². The standard InChI is InChI=1S/C27H27Cl4NO9/c1-2-21-23(27(37)38)32-26(41-21)14-11-17(30)25(18(31)12-14)40-8-6-20(34)19(33)5-7-39-24-15(28)9-13(10-16(24)29)3-4-22(35)36/h9-12,19-20,33-34H,2-8H2,1H3,(H,35,36)(H,37,38). The van der Waals surface area contributed by atoms with Crippen LogP contribution in [0.2, 0.25) is 20.1 Å². The summed E-state index contributed by atoms with van der Waals surface area (Å²) < 4.78 is 16.8. The molecule has 0 aliphatic rings. The van der Waals surface area contributed by atoms with Crippen molar-refractivity contribution in [3.05, 3.63) is 61.4 Å². The summed E-state index contributed by atoms with van der Waals surface area (Å²) in [7, 11) is 0. The number of carbonyl (C=O) groups is 2. The summed E-state index contributed by atoms with van der Waals surface area (Å²) in [4.78, 5) is 26.1. The van der Waals surface area contributed by atoms with E-state index in [1.165, 1.54) is 12.1 Å². The van der Waals surface area contributed by atoms with Crippen molar-refractivity contribution >= 4 is 58.3 Å². The quantitative estimate of drug-likeness (QED) is 0.149. The maximum Gasteiger partial charge on any atom is 0.358 e. The Bertz CT molecular complexity index is 1350. The topological polar surface area (TPSA) is 160 Å². The Kier molecular flexibility index (Phi) is 12.0. The Morgan fingerprint density at radius 3 is 1.78 bits per heavy atom. The first kappa shape index (κ1) is 32.8. The van der Waals surface area contributed by atoms with Gasteiger partial charge in [-0.05, 0) is 36.2 Å². The van der Waals surface area contributed by atoms with E-state index in [-0.39, 0.29) is 87.8 Å². The number of aliphatic hydroxyl groups is 2. The van der Waals surface area contributed by atoms with Crippen LogP contribution in [0.1, 0.15) is 48.0 Å². The molecule has 14 heteroatoms. The van der Waals surface area contributed by atoms with E-state index in [4.69, 9.17) is 65.4 Å².